The molecule has 2 aromatic heterocycles. The van der Waals surface area contributed by atoms with Crippen LogP contribution in [0.4, 0.5) is 11.8 Å². The number of aromatic amines is 1. The van der Waals surface area contributed by atoms with Crippen LogP contribution in [-0.4, -0.2) is 32.5 Å². The Kier molecular flexibility index (Phi) is 3.23. The van der Waals surface area contributed by atoms with Gasteiger partial charge >= 0.3 is 0 Å². The summed E-state index contributed by atoms with van der Waals surface area (Å²) in [6, 6.07) is 0.473. The number of hydrogen-bond acceptors (Lipinski definition) is 5. The molecule has 108 valence electrons. The van der Waals surface area contributed by atoms with E-state index in [1.54, 1.807) is 6.33 Å². The number of fused-ring (bicyclic) bond motifs is 1. The van der Waals surface area contributed by atoms with Gasteiger partial charge in [-0.1, -0.05) is 13.8 Å². The molecule has 20 heavy (non-hydrogen) atoms. The lowest BCUT2D eigenvalue weighted by molar-refractivity contribution is 0.378. The summed E-state index contributed by atoms with van der Waals surface area (Å²) in [5.74, 6) is 1.48. The first-order chi connectivity index (χ1) is 9.57. The zero-order valence-corrected chi connectivity index (χ0v) is 12.3. The molecule has 0 aromatic carbocycles. The molecule has 1 unspecified atom stereocenters. The van der Waals surface area contributed by atoms with Crippen molar-refractivity contribution in [3.63, 3.8) is 0 Å². The van der Waals surface area contributed by atoms with Crippen LogP contribution in [0.5, 0.6) is 0 Å². The van der Waals surface area contributed by atoms with E-state index >= 15 is 0 Å². The lowest BCUT2D eigenvalue weighted by Gasteiger charge is -2.18. The topological polar surface area (TPSA) is 78.5 Å². The van der Waals surface area contributed by atoms with E-state index in [1.165, 1.54) is 19.3 Å². The first-order valence-electron chi connectivity index (χ1n) is 7.29. The van der Waals surface area contributed by atoms with Gasteiger partial charge in [0.05, 0.1) is 6.33 Å². The summed E-state index contributed by atoms with van der Waals surface area (Å²) in [5, 5.41) is 6.72. The summed E-state index contributed by atoms with van der Waals surface area (Å²) in [7, 11) is 0. The highest BCUT2D eigenvalue weighted by Gasteiger charge is 2.31. The van der Waals surface area contributed by atoms with Gasteiger partial charge in [0, 0.05) is 12.6 Å². The number of rotatable bonds is 4. The molecule has 6 nitrogen and oxygen atoms in total. The second kappa shape index (κ2) is 4.92. The summed E-state index contributed by atoms with van der Waals surface area (Å²) < 4.78 is 0. The molecule has 1 aliphatic rings. The maximum Gasteiger partial charge on any atom is 0.226 e. The standard InChI is InChI=1S/C14H22N6/c1-4-15-13-19-11-10(16-8-17-11)12(20-13)18-9-5-6-14(2,3)7-9/h8-9H,4-7H2,1-3H3,(H3,15,16,17,18,19,20). The second-order valence-corrected chi connectivity index (χ2v) is 6.28. The van der Waals surface area contributed by atoms with Crippen LogP contribution in [0, 0.1) is 5.41 Å². The summed E-state index contributed by atoms with van der Waals surface area (Å²) >= 11 is 0. The van der Waals surface area contributed by atoms with E-state index in [0.717, 1.165) is 17.9 Å². The molecule has 0 aliphatic heterocycles. The molecule has 1 atom stereocenters. The van der Waals surface area contributed by atoms with E-state index in [1.807, 2.05) is 6.92 Å². The van der Waals surface area contributed by atoms with Crippen LogP contribution in [0.1, 0.15) is 40.0 Å². The van der Waals surface area contributed by atoms with Gasteiger partial charge in [-0.25, -0.2) is 4.98 Å². The second-order valence-electron chi connectivity index (χ2n) is 6.28. The van der Waals surface area contributed by atoms with Crippen LogP contribution >= 0.6 is 0 Å². The number of imidazole rings is 1. The van der Waals surface area contributed by atoms with Gasteiger partial charge in [-0.05, 0) is 31.6 Å². The van der Waals surface area contributed by atoms with Crippen molar-refractivity contribution in [3.8, 4) is 0 Å². The molecule has 0 saturated heterocycles. The summed E-state index contributed by atoms with van der Waals surface area (Å²) in [6.07, 6.45) is 5.27. The third kappa shape index (κ3) is 2.55. The number of H-pyrrole nitrogens is 1. The fraction of sp³-hybridized carbons (Fsp3) is 0.643. The smallest absolute Gasteiger partial charge is 0.226 e. The van der Waals surface area contributed by atoms with Crippen LogP contribution in [-0.2, 0) is 0 Å². The third-order valence-electron chi connectivity index (χ3n) is 3.93. The van der Waals surface area contributed by atoms with E-state index in [-0.39, 0.29) is 0 Å². The lowest BCUT2D eigenvalue weighted by atomic mass is 9.92. The van der Waals surface area contributed by atoms with Gasteiger partial charge in [0.15, 0.2) is 11.5 Å². The molecule has 0 radical (unpaired) electrons. The fourth-order valence-electron chi connectivity index (χ4n) is 2.93. The monoisotopic (exact) mass is 274 g/mol. The van der Waals surface area contributed by atoms with Crippen LogP contribution < -0.4 is 10.6 Å². The molecule has 0 spiro atoms. The molecule has 0 bridgehead atoms. The molecular formula is C14H22N6. The predicted molar refractivity (Wildman–Crippen MR) is 80.9 cm³/mol. The highest BCUT2D eigenvalue weighted by molar-refractivity contribution is 5.83. The first-order valence-corrected chi connectivity index (χ1v) is 7.29. The summed E-state index contributed by atoms with van der Waals surface area (Å²) in [4.78, 5) is 16.3. The van der Waals surface area contributed by atoms with E-state index in [2.05, 4.69) is 44.4 Å². The van der Waals surface area contributed by atoms with Crippen molar-refractivity contribution in [2.75, 3.05) is 17.2 Å². The van der Waals surface area contributed by atoms with Crippen LogP contribution in [0.3, 0.4) is 0 Å². The Morgan fingerprint density at radius 2 is 2.25 bits per heavy atom. The Bertz CT molecular complexity index is 603. The van der Waals surface area contributed by atoms with Crippen molar-refractivity contribution in [1.82, 2.24) is 19.9 Å². The molecule has 1 saturated carbocycles. The summed E-state index contributed by atoms with van der Waals surface area (Å²) in [5.41, 5.74) is 2.01. The SMILES string of the molecule is CCNc1nc(NC2CCC(C)(C)C2)c2[nH]cnc2n1. The molecule has 2 heterocycles. The normalized spacial score (nSPS) is 21.2. The number of nitrogens with one attached hydrogen (secondary N) is 3. The molecule has 2 aromatic rings. The van der Waals surface area contributed by atoms with E-state index in [0.29, 0.717) is 23.1 Å². The van der Waals surface area contributed by atoms with Gasteiger partial charge in [0.2, 0.25) is 5.95 Å². The number of aromatic nitrogens is 4. The predicted octanol–water partition coefficient (Wildman–Crippen LogP) is 2.78. The van der Waals surface area contributed by atoms with Crippen molar-refractivity contribution in [1.29, 1.82) is 0 Å². The lowest BCUT2D eigenvalue weighted by Crippen LogP contribution is -2.19. The minimum atomic E-state index is 0.419. The quantitative estimate of drug-likeness (QED) is 0.799. The van der Waals surface area contributed by atoms with E-state index in [4.69, 9.17) is 0 Å². The van der Waals surface area contributed by atoms with Gasteiger partial charge in [-0.15, -0.1) is 0 Å². The number of anilines is 2. The first kappa shape index (κ1) is 13.1. The van der Waals surface area contributed by atoms with Crippen LogP contribution in [0.2, 0.25) is 0 Å². The van der Waals surface area contributed by atoms with Crippen LogP contribution in [0.15, 0.2) is 6.33 Å². The van der Waals surface area contributed by atoms with Gasteiger partial charge in [0.25, 0.3) is 0 Å². The zero-order chi connectivity index (χ0) is 14.2. The van der Waals surface area contributed by atoms with Gasteiger partial charge in [-0.2, -0.15) is 9.97 Å². The van der Waals surface area contributed by atoms with Gasteiger partial charge in [0.1, 0.15) is 5.52 Å². The third-order valence-corrected chi connectivity index (χ3v) is 3.93. The minimum absolute atomic E-state index is 0.419. The van der Waals surface area contributed by atoms with E-state index in [9.17, 15) is 0 Å². The molecule has 0 amide bonds. The minimum Gasteiger partial charge on any atom is -0.365 e. The molecule has 3 rings (SSSR count). The zero-order valence-electron chi connectivity index (χ0n) is 12.3. The molecular weight excluding hydrogens is 252 g/mol. The average molecular weight is 274 g/mol. The Balaban J connectivity index is 1.88. The van der Waals surface area contributed by atoms with Gasteiger partial charge < -0.3 is 15.6 Å². The largest absolute Gasteiger partial charge is 0.365 e. The Hall–Kier alpha value is -1.85. The van der Waals surface area contributed by atoms with E-state index < -0.39 is 0 Å². The highest BCUT2D eigenvalue weighted by Crippen LogP contribution is 2.38. The van der Waals surface area contributed by atoms with Crippen LogP contribution in [0.25, 0.3) is 11.2 Å². The molecule has 6 heteroatoms. The molecule has 1 fully saturated rings. The van der Waals surface area contributed by atoms with Crippen molar-refractivity contribution >= 4 is 22.9 Å². The van der Waals surface area contributed by atoms with Crippen molar-refractivity contribution in [3.05, 3.63) is 6.33 Å². The summed E-state index contributed by atoms with van der Waals surface area (Å²) in [6.45, 7) is 7.48. The molecule has 3 N–H and O–H groups in total. The Labute approximate surface area is 118 Å². The Morgan fingerprint density at radius 3 is 2.95 bits per heavy atom. The average Bonchev–Trinajstić information content (AvgIpc) is 2.96. The van der Waals surface area contributed by atoms with Gasteiger partial charge in [-0.3, -0.25) is 0 Å². The number of hydrogen-bond donors (Lipinski definition) is 3. The van der Waals surface area contributed by atoms with Crippen molar-refractivity contribution < 1.29 is 0 Å². The maximum absolute atomic E-state index is 4.57. The maximum atomic E-state index is 4.57. The van der Waals surface area contributed by atoms with Crippen molar-refractivity contribution in [2.45, 2.75) is 46.1 Å². The number of nitrogens with zero attached hydrogens (tertiary/aromatic N) is 3. The fourth-order valence-corrected chi connectivity index (χ4v) is 2.93. The van der Waals surface area contributed by atoms with Crippen molar-refractivity contribution in [2.24, 2.45) is 5.41 Å². The molecule has 1 aliphatic carbocycles. The highest BCUT2D eigenvalue weighted by atomic mass is 15.2. The Morgan fingerprint density at radius 1 is 1.40 bits per heavy atom.